The highest BCUT2D eigenvalue weighted by atomic mass is 35.5. The van der Waals surface area contributed by atoms with E-state index >= 15 is 0 Å². The van der Waals surface area contributed by atoms with E-state index in [0.29, 0.717) is 27.8 Å². The summed E-state index contributed by atoms with van der Waals surface area (Å²) >= 11 is 6.25. The molecule has 0 bridgehead atoms. The van der Waals surface area contributed by atoms with Gasteiger partial charge in [0.1, 0.15) is 17.6 Å². The zero-order valence-corrected chi connectivity index (χ0v) is 22.3. The van der Waals surface area contributed by atoms with E-state index in [2.05, 4.69) is 15.8 Å². The van der Waals surface area contributed by atoms with Gasteiger partial charge in [-0.2, -0.15) is 0 Å². The first kappa shape index (κ1) is 27.7. The van der Waals surface area contributed by atoms with E-state index in [0.717, 1.165) is 0 Å². The third-order valence-electron chi connectivity index (χ3n) is 5.25. The number of carbonyl (C=O) groups is 3. The number of ether oxygens (including phenoxy) is 1. The summed E-state index contributed by atoms with van der Waals surface area (Å²) in [6.45, 7) is 7.28. The van der Waals surface area contributed by atoms with Crippen LogP contribution in [0.3, 0.4) is 0 Å². The van der Waals surface area contributed by atoms with Crippen LogP contribution in [-0.4, -0.2) is 35.5 Å². The molecule has 9 nitrogen and oxygen atoms in total. The van der Waals surface area contributed by atoms with Crippen molar-refractivity contribution in [2.24, 2.45) is 0 Å². The third-order valence-corrected chi connectivity index (χ3v) is 5.49. The van der Waals surface area contributed by atoms with Crippen LogP contribution in [0.1, 0.15) is 51.0 Å². The van der Waals surface area contributed by atoms with Gasteiger partial charge in [-0.25, -0.2) is 0 Å². The highest BCUT2D eigenvalue weighted by Gasteiger charge is 2.34. The van der Waals surface area contributed by atoms with Gasteiger partial charge < -0.3 is 19.9 Å². The van der Waals surface area contributed by atoms with Crippen molar-refractivity contribution < 1.29 is 23.6 Å². The molecular formula is C27H31ClN4O5. The minimum atomic E-state index is -1.03. The molecule has 0 aliphatic heterocycles. The number of anilines is 2. The number of aryl methyl sites for hydroxylation is 1. The second kappa shape index (κ2) is 11.9. The minimum absolute atomic E-state index is 0.127. The number of hydrogen-bond donors (Lipinski definition) is 2. The monoisotopic (exact) mass is 526 g/mol. The van der Waals surface area contributed by atoms with Crippen LogP contribution in [0, 0.1) is 6.92 Å². The average molecular weight is 527 g/mol. The number of amides is 3. The maximum absolute atomic E-state index is 13.7. The van der Waals surface area contributed by atoms with Gasteiger partial charge in [-0.1, -0.05) is 35.0 Å². The fourth-order valence-corrected chi connectivity index (χ4v) is 3.86. The van der Waals surface area contributed by atoms with Gasteiger partial charge in [0.25, 0.3) is 0 Å². The second-order valence-electron chi connectivity index (χ2n) is 9.53. The Hall–Kier alpha value is -3.85. The van der Waals surface area contributed by atoms with Crippen molar-refractivity contribution in [2.45, 2.75) is 52.1 Å². The van der Waals surface area contributed by atoms with Crippen molar-refractivity contribution in [1.29, 1.82) is 0 Å². The SMILES string of the molecule is COc1ccc([C@H](C(=O)NC(C)(C)C)N(C(=O)CCC(=O)Nc2cc(C)on2)c2cccc(Cl)c2)cc1. The van der Waals surface area contributed by atoms with Crippen LogP contribution in [-0.2, 0) is 14.4 Å². The average Bonchev–Trinajstić information content (AvgIpc) is 3.24. The van der Waals surface area contributed by atoms with Gasteiger partial charge in [0.15, 0.2) is 5.82 Å². The lowest BCUT2D eigenvalue weighted by molar-refractivity contribution is -0.128. The highest BCUT2D eigenvalue weighted by Crippen LogP contribution is 2.32. The van der Waals surface area contributed by atoms with E-state index in [-0.39, 0.29) is 24.6 Å². The summed E-state index contributed by atoms with van der Waals surface area (Å²) < 4.78 is 10.2. The molecule has 196 valence electrons. The summed E-state index contributed by atoms with van der Waals surface area (Å²) in [6, 6.07) is 14.1. The van der Waals surface area contributed by atoms with E-state index in [1.54, 1.807) is 68.6 Å². The van der Waals surface area contributed by atoms with E-state index in [9.17, 15) is 14.4 Å². The molecule has 0 radical (unpaired) electrons. The van der Waals surface area contributed by atoms with Crippen molar-refractivity contribution in [3.05, 3.63) is 70.9 Å². The summed E-state index contributed by atoms with van der Waals surface area (Å²) in [6.07, 6.45) is -0.289. The van der Waals surface area contributed by atoms with Crippen LogP contribution >= 0.6 is 11.6 Å². The largest absolute Gasteiger partial charge is 0.497 e. The highest BCUT2D eigenvalue weighted by molar-refractivity contribution is 6.31. The number of halogens is 1. The van der Waals surface area contributed by atoms with Crippen molar-refractivity contribution in [2.75, 3.05) is 17.3 Å². The van der Waals surface area contributed by atoms with Crippen LogP contribution in [0.5, 0.6) is 5.75 Å². The van der Waals surface area contributed by atoms with E-state index < -0.39 is 23.4 Å². The standard InChI is InChI=1S/C27H31ClN4O5/c1-17-15-22(31-37-17)29-23(33)13-14-24(34)32(20-8-6-7-19(28)16-20)25(26(35)30-27(2,3)4)18-9-11-21(36-5)12-10-18/h6-12,15-16,25H,13-14H2,1-5H3,(H,30,35)(H,29,31,33)/t25-/m1/s1. The lowest BCUT2D eigenvalue weighted by atomic mass is 10.00. The number of rotatable bonds is 9. The molecule has 0 unspecified atom stereocenters. The number of methoxy groups -OCH3 is 1. The normalized spacial score (nSPS) is 11.9. The summed E-state index contributed by atoms with van der Waals surface area (Å²) in [5, 5.41) is 9.71. The Kier molecular flexibility index (Phi) is 8.94. The Bertz CT molecular complexity index is 1250. The lowest BCUT2D eigenvalue weighted by Gasteiger charge is -2.34. The molecule has 37 heavy (non-hydrogen) atoms. The quantitative estimate of drug-likeness (QED) is 0.403. The van der Waals surface area contributed by atoms with Crippen molar-refractivity contribution in [3.8, 4) is 5.75 Å². The third kappa shape index (κ3) is 7.82. The number of aromatic nitrogens is 1. The summed E-state index contributed by atoms with van der Waals surface area (Å²) in [5.74, 6) is 0.201. The molecule has 3 amide bonds. The lowest BCUT2D eigenvalue weighted by Crippen LogP contribution is -2.49. The molecule has 1 atom stereocenters. The van der Waals surface area contributed by atoms with Gasteiger partial charge in [0, 0.05) is 35.2 Å². The first-order valence-corrected chi connectivity index (χ1v) is 12.1. The topological polar surface area (TPSA) is 114 Å². The Labute approximate surface area is 221 Å². The van der Waals surface area contributed by atoms with E-state index in [4.69, 9.17) is 20.9 Å². The fourth-order valence-electron chi connectivity index (χ4n) is 3.68. The van der Waals surface area contributed by atoms with Gasteiger partial charge in [0.05, 0.1) is 7.11 Å². The molecule has 1 heterocycles. The molecule has 2 N–H and O–H groups in total. The first-order chi connectivity index (χ1) is 17.5. The van der Waals surface area contributed by atoms with Crippen LogP contribution in [0.15, 0.2) is 59.1 Å². The predicted molar refractivity (Wildman–Crippen MR) is 142 cm³/mol. The van der Waals surface area contributed by atoms with Crippen LogP contribution in [0.2, 0.25) is 5.02 Å². The second-order valence-corrected chi connectivity index (χ2v) is 9.97. The van der Waals surface area contributed by atoms with Crippen LogP contribution in [0.25, 0.3) is 0 Å². The zero-order valence-electron chi connectivity index (χ0n) is 21.5. The van der Waals surface area contributed by atoms with Gasteiger partial charge >= 0.3 is 0 Å². The Morgan fingerprint density at radius 1 is 1.08 bits per heavy atom. The fraction of sp³-hybridized carbons (Fsp3) is 0.333. The smallest absolute Gasteiger partial charge is 0.248 e. The van der Waals surface area contributed by atoms with Crippen molar-refractivity contribution in [3.63, 3.8) is 0 Å². The van der Waals surface area contributed by atoms with Crippen molar-refractivity contribution in [1.82, 2.24) is 10.5 Å². The van der Waals surface area contributed by atoms with Crippen LogP contribution in [0.4, 0.5) is 11.5 Å². The molecule has 10 heteroatoms. The van der Waals surface area contributed by atoms with E-state index in [1.165, 1.54) is 4.90 Å². The maximum Gasteiger partial charge on any atom is 0.248 e. The summed E-state index contributed by atoms with van der Waals surface area (Å²) in [7, 11) is 1.55. The van der Waals surface area contributed by atoms with Crippen molar-refractivity contribution >= 4 is 40.8 Å². The number of hydrogen-bond acceptors (Lipinski definition) is 6. The molecule has 3 aromatic rings. The Morgan fingerprint density at radius 2 is 1.78 bits per heavy atom. The minimum Gasteiger partial charge on any atom is -0.497 e. The summed E-state index contributed by atoms with van der Waals surface area (Å²) in [5.41, 5.74) is 0.439. The number of nitrogens with one attached hydrogen (secondary N) is 2. The molecule has 0 fully saturated rings. The zero-order chi connectivity index (χ0) is 27.2. The van der Waals surface area contributed by atoms with Gasteiger partial charge in [-0.05, 0) is 63.6 Å². The van der Waals surface area contributed by atoms with E-state index in [1.807, 2.05) is 20.8 Å². The number of carbonyl (C=O) groups excluding carboxylic acids is 3. The maximum atomic E-state index is 13.7. The molecule has 0 saturated carbocycles. The molecule has 0 saturated heterocycles. The molecule has 0 spiro atoms. The predicted octanol–water partition coefficient (Wildman–Crippen LogP) is 5.05. The molecule has 2 aromatic carbocycles. The molecule has 0 aliphatic carbocycles. The van der Waals surface area contributed by atoms with Gasteiger partial charge in [0.2, 0.25) is 17.7 Å². The molecule has 0 aliphatic rings. The first-order valence-electron chi connectivity index (χ1n) is 11.7. The number of nitrogens with zero attached hydrogens (tertiary/aromatic N) is 2. The van der Waals surface area contributed by atoms with Gasteiger partial charge in [-0.3, -0.25) is 19.3 Å². The van der Waals surface area contributed by atoms with Gasteiger partial charge in [-0.15, -0.1) is 0 Å². The Balaban J connectivity index is 1.96. The molecule has 3 rings (SSSR count). The summed E-state index contributed by atoms with van der Waals surface area (Å²) in [4.78, 5) is 41.2. The number of benzene rings is 2. The van der Waals surface area contributed by atoms with Crippen LogP contribution < -0.4 is 20.3 Å². The Morgan fingerprint density at radius 3 is 2.35 bits per heavy atom. The molecule has 1 aromatic heterocycles. The molecular weight excluding hydrogens is 496 g/mol.